The van der Waals surface area contributed by atoms with Gasteiger partial charge in [-0.25, -0.2) is 0 Å². The van der Waals surface area contributed by atoms with Gasteiger partial charge in [0, 0.05) is 19.6 Å². The summed E-state index contributed by atoms with van der Waals surface area (Å²) in [4.78, 5) is 8.58. The van der Waals surface area contributed by atoms with Crippen LogP contribution >= 0.6 is 0 Å². The van der Waals surface area contributed by atoms with Gasteiger partial charge in [0.05, 0.1) is 19.8 Å². The van der Waals surface area contributed by atoms with Crippen LogP contribution in [-0.2, 0) is 14.3 Å². The molecule has 18 heavy (non-hydrogen) atoms. The lowest BCUT2D eigenvalue weighted by Gasteiger charge is -2.04. The van der Waals surface area contributed by atoms with Gasteiger partial charge in [-0.15, -0.1) is 12.3 Å². The molecule has 0 aliphatic rings. The molecule has 0 rings (SSSR count). The molecule has 5 nitrogen and oxygen atoms in total. The number of hydrogen-bond donors (Lipinski definition) is 2. The van der Waals surface area contributed by atoms with Gasteiger partial charge in [-0.05, 0) is 12.8 Å². The number of hydrogen-bond acceptors (Lipinski definition) is 4. The summed E-state index contributed by atoms with van der Waals surface area (Å²) in [7, 11) is 0. The smallest absolute Gasteiger partial charge is 0.204 e. The van der Waals surface area contributed by atoms with Crippen LogP contribution in [0.4, 0.5) is 0 Å². The van der Waals surface area contributed by atoms with E-state index in [1.807, 2.05) is 0 Å². The number of unbranched alkanes of at least 4 members (excludes halogenated alkanes) is 4. The molecule has 0 atom stereocenters. The van der Waals surface area contributed by atoms with Crippen molar-refractivity contribution >= 4 is 6.41 Å². The SMILES string of the molecule is C#CCCCCCCOCCOCCN.NC=O. The first-order chi connectivity index (χ1) is 8.83. The number of ether oxygens (including phenoxy) is 2. The van der Waals surface area contributed by atoms with Crippen LogP contribution in [0.3, 0.4) is 0 Å². The fraction of sp³-hybridized carbons (Fsp3) is 0.769. The fourth-order valence-corrected chi connectivity index (χ4v) is 1.19. The molecule has 0 aromatic heterocycles. The number of carbonyl (C=O) groups is 1. The standard InChI is InChI=1S/C12H23NO2.CH3NO/c1-2-3-4-5-6-7-9-14-11-12-15-10-8-13;2-1-3/h1H,3-13H2;1H,(H2,2,3). The Morgan fingerprint density at radius 1 is 1.00 bits per heavy atom. The molecular formula is C13H26N2O3. The maximum absolute atomic E-state index is 8.58. The largest absolute Gasteiger partial charge is 0.379 e. The van der Waals surface area contributed by atoms with Gasteiger partial charge >= 0.3 is 0 Å². The van der Waals surface area contributed by atoms with Crippen molar-refractivity contribution in [2.75, 3.05) is 33.0 Å². The number of amides is 1. The second-order valence-corrected chi connectivity index (χ2v) is 3.52. The minimum Gasteiger partial charge on any atom is -0.379 e. The topological polar surface area (TPSA) is 87.6 Å². The maximum Gasteiger partial charge on any atom is 0.204 e. The van der Waals surface area contributed by atoms with E-state index in [2.05, 4.69) is 11.7 Å². The third-order valence-corrected chi connectivity index (χ3v) is 1.99. The summed E-state index contributed by atoms with van der Waals surface area (Å²) >= 11 is 0. The molecule has 0 aliphatic heterocycles. The van der Waals surface area contributed by atoms with E-state index in [1.54, 1.807) is 0 Å². The molecule has 0 aromatic carbocycles. The highest BCUT2D eigenvalue weighted by Gasteiger charge is 1.91. The predicted octanol–water partition coefficient (Wildman–Crippen LogP) is 0.664. The third kappa shape index (κ3) is 24.2. The zero-order valence-corrected chi connectivity index (χ0v) is 11.1. The van der Waals surface area contributed by atoms with Crippen molar-refractivity contribution in [1.82, 2.24) is 0 Å². The van der Waals surface area contributed by atoms with Crippen molar-refractivity contribution in [3.8, 4) is 12.3 Å². The molecule has 0 heterocycles. The van der Waals surface area contributed by atoms with Gasteiger partial charge in [0.1, 0.15) is 0 Å². The van der Waals surface area contributed by atoms with E-state index in [4.69, 9.17) is 26.4 Å². The normalized spacial score (nSPS) is 9.11. The third-order valence-electron chi connectivity index (χ3n) is 1.99. The van der Waals surface area contributed by atoms with Gasteiger partial charge in [-0.3, -0.25) is 4.79 Å². The lowest BCUT2D eigenvalue weighted by atomic mass is 10.1. The zero-order chi connectivity index (χ0) is 13.9. The molecule has 106 valence electrons. The molecule has 0 spiro atoms. The average Bonchev–Trinajstić information content (AvgIpc) is 2.37. The summed E-state index contributed by atoms with van der Waals surface area (Å²) in [6, 6.07) is 0. The second-order valence-electron chi connectivity index (χ2n) is 3.52. The van der Waals surface area contributed by atoms with E-state index < -0.39 is 0 Å². The lowest BCUT2D eigenvalue weighted by molar-refractivity contribution is -0.106. The van der Waals surface area contributed by atoms with Gasteiger partial charge in [0.2, 0.25) is 6.41 Å². The highest BCUT2D eigenvalue weighted by molar-refractivity contribution is 5.42. The van der Waals surface area contributed by atoms with Crippen LogP contribution in [-0.4, -0.2) is 39.4 Å². The second kappa shape index (κ2) is 21.2. The first-order valence-corrected chi connectivity index (χ1v) is 6.27. The van der Waals surface area contributed by atoms with E-state index in [9.17, 15) is 0 Å². The first-order valence-electron chi connectivity index (χ1n) is 6.27. The molecule has 0 fully saturated rings. The van der Waals surface area contributed by atoms with E-state index in [0.29, 0.717) is 26.4 Å². The molecular weight excluding hydrogens is 232 g/mol. The van der Waals surface area contributed by atoms with Crippen molar-refractivity contribution in [3.63, 3.8) is 0 Å². The molecule has 0 saturated carbocycles. The molecule has 0 radical (unpaired) electrons. The summed E-state index contributed by atoms with van der Waals surface area (Å²) in [6.07, 6.45) is 11.0. The molecule has 0 bridgehead atoms. The summed E-state index contributed by atoms with van der Waals surface area (Å²) in [5.41, 5.74) is 9.44. The van der Waals surface area contributed by atoms with Crippen LogP contribution in [0.5, 0.6) is 0 Å². The fourth-order valence-electron chi connectivity index (χ4n) is 1.19. The molecule has 4 N–H and O–H groups in total. The first kappa shape index (κ1) is 19.3. The molecule has 5 heteroatoms. The molecule has 1 amide bonds. The Kier molecular flexibility index (Phi) is 22.7. The van der Waals surface area contributed by atoms with Gasteiger partial charge in [0.25, 0.3) is 0 Å². The van der Waals surface area contributed by atoms with Gasteiger partial charge in [-0.1, -0.05) is 12.8 Å². The maximum atomic E-state index is 8.58. The van der Waals surface area contributed by atoms with Crippen LogP contribution in [0, 0.1) is 12.3 Å². The highest BCUT2D eigenvalue weighted by Crippen LogP contribution is 2.02. The lowest BCUT2D eigenvalue weighted by Crippen LogP contribution is -2.12. The van der Waals surface area contributed by atoms with Crippen LogP contribution in [0.15, 0.2) is 0 Å². The van der Waals surface area contributed by atoms with E-state index in [0.717, 1.165) is 25.9 Å². The number of terminal acetylenes is 1. The number of primary amides is 1. The van der Waals surface area contributed by atoms with Crippen molar-refractivity contribution in [1.29, 1.82) is 0 Å². The number of carbonyl (C=O) groups excluding carboxylic acids is 1. The Morgan fingerprint density at radius 2 is 1.56 bits per heavy atom. The van der Waals surface area contributed by atoms with Gasteiger partial charge in [0.15, 0.2) is 0 Å². The van der Waals surface area contributed by atoms with E-state index >= 15 is 0 Å². The molecule has 0 aliphatic carbocycles. The van der Waals surface area contributed by atoms with Crippen LogP contribution < -0.4 is 11.5 Å². The number of rotatable bonds is 11. The number of nitrogens with two attached hydrogens (primary N) is 2. The Labute approximate surface area is 110 Å². The van der Waals surface area contributed by atoms with Crippen LogP contribution in [0.2, 0.25) is 0 Å². The minimum atomic E-state index is 0.250. The average molecular weight is 258 g/mol. The molecule has 0 saturated heterocycles. The summed E-state index contributed by atoms with van der Waals surface area (Å²) in [5.74, 6) is 2.64. The Morgan fingerprint density at radius 3 is 2.11 bits per heavy atom. The zero-order valence-electron chi connectivity index (χ0n) is 11.1. The minimum absolute atomic E-state index is 0.250. The Hall–Kier alpha value is -1.09. The van der Waals surface area contributed by atoms with E-state index in [1.165, 1.54) is 12.8 Å². The highest BCUT2D eigenvalue weighted by atomic mass is 16.5. The predicted molar refractivity (Wildman–Crippen MR) is 72.9 cm³/mol. The summed E-state index contributed by atoms with van der Waals surface area (Å²) in [6.45, 7) is 3.34. The summed E-state index contributed by atoms with van der Waals surface area (Å²) < 4.78 is 10.6. The quantitative estimate of drug-likeness (QED) is 0.324. The van der Waals surface area contributed by atoms with Gasteiger partial charge < -0.3 is 20.9 Å². The van der Waals surface area contributed by atoms with Crippen LogP contribution in [0.25, 0.3) is 0 Å². The molecule has 0 aromatic rings. The van der Waals surface area contributed by atoms with Crippen molar-refractivity contribution in [3.05, 3.63) is 0 Å². The van der Waals surface area contributed by atoms with Crippen molar-refractivity contribution in [2.45, 2.75) is 32.1 Å². The Bertz CT molecular complexity index is 193. The van der Waals surface area contributed by atoms with E-state index in [-0.39, 0.29) is 6.41 Å². The van der Waals surface area contributed by atoms with Crippen LogP contribution in [0.1, 0.15) is 32.1 Å². The molecule has 0 unspecified atom stereocenters. The Balaban J connectivity index is 0. The van der Waals surface area contributed by atoms with Gasteiger partial charge in [-0.2, -0.15) is 0 Å². The van der Waals surface area contributed by atoms with Crippen molar-refractivity contribution in [2.24, 2.45) is 11.5 Å². The summed E-state index contributed by atoms with van der Waals surface area (Å²) in [5, 5.41) is 0. The van der Waals surface area contributed by atoms with Crippen molar-refractivity contribution < 1.29 is 14.3 Å². The monoisotopic (exact) mass is 258 g/mol.